The molecule has 3 nitrogen and oxygen atoms in total. The van der Waals surface area contributed by atoms with E-state index in [1.807, 2.05) is 6.92 Å². The number of benzene rings is 1. The van der Waals surface area contributed by atoms with Crippen molar-refractivity contribution in [1.82, 2.24) is 0 Å². The van der Waals surface area contributed by atoms with Gasteiger partial charge in [0.1, 0.15) is 5.75 Å². The Hall–Kier alpha value is -0.950. The fourth-order valence-corrected chi connectivity index (χ4v) is 1.83. The van der Waals surface area contributed by atoms with Gasteiger partial charge in [0.05, 0.1) is 11.1 Å². The van der Waals surface area contributed by atoms with Crippen LogP contribution in [0.1, 0.15) is 6.92 Å². The van der Waals surface area contributed by atoms with E-state index in [1.165, 1.54) is 18.2 Å². The number of anilines is 1. The summed E-state index contributed by atoms with van der Waals surface area (Å²) in [6.07, 6.45) is -4.69. The quantitative estimate of drug-likeness (QED) is 0.892. The van der Waals surface area contributed by atoms with Crippen molar-refractivity contribution in [3.05, 3.63) is 22.7 Å². The first-order valence-corrected chi connectivity index (χ1v) is 5.92. The van der Waals surface area contributed by atoms with Gasteiger partial charge in [-0.15, -0.1) is 13.2 Å². The second kappa shape index (κ2) is 6.29. The molecule has 7 heteroatoms. The van der Waals surface area contributed by atoms with Crippen LogP contribution in [-0.4, -0.2) is 26.1 Å². The van der Waals surface area contributed by atoms with Gasteiger partial charge in [-0.25, -0.2) is 0 Å². The second-order valence-corrected chi connectivity index (χ2v) is 4.55. The smallest absolute Gasteiger partial charge is 0.405 e. The predicted molar refractivity (Wildman–Crippen MR) is 65.8 cm³/mol. The number of hydrogen-bond acceptors (Lipinski definition) is 3. The molecule has 0 spiro atoms. The SMILES string of the molecule is COCC(C)Nc1ccc(OC(F)(F)F)c(Br)c1. The zero-order valence-corrected chi connectivity index (χ0v) is 11.4. The van der Waals surface area contributed by atoms with Crippen molar-refractivity contribution in [2.24, 2.45) is 0 Å². The lowest BCUT2D eigenvalue weighted by molar-refractivity contribution is -0.274. The van der Waals surface area contributed by atoms with E-state index < -0.39 is 6.36 Å². The second-order valence-electron chi connectivity index (χ2n) is 3.69. The van der Waals surface area contributed by atoms with E-state index in [-0.39, 0.29) is 16.3 Å². The summed E-state index contributed by atoms with van der Waals surface area (Å²) in [7, 11) is 1.58. The number of alkyl halides is 3. The van der Waals surface area contributed by atoms with Crippen LogP contribution in [0, 0.1) is 0 Å². The summed E-state index contributed by atoms with van der Waals surface area (Å²) in [5.74, 6) is -0.271. The maximum Gasteiger partial charge on any atom is 0.573 e. The normalized spacial score (nSPS) is 13.2. The maximum atomic E-state index is 12.1. The first-order chi connectivity index (χ1) is 8.31. The van der Waals surface area contributed by atoms with Gasteiger partial charge in [0.25, 0.3) is 0 Å². The number of hydrogen-bond donors (Lipinski definition) is 1. The van der Waals surface area contributed by atoms with Crippen LogP contribution in [0.15, 0.2) is 22.7 Å². The van der Waals surface area contributed by atoms with E-state index in [4.69, 9.17) is 4.74 Å². The monoisotopic (exact) mass is 327 g/mol. The lowest BCUT2D eigenvalue weighted by Gasteiger charge is -2.16. The zero-order chi connectivity index (χ0) is 13.8. The summed E-state index contributed by atoms with van der Waals surface area (Å²) >= 11 is 3.03. The Morgan fingerprint density at radius 2 is 2.06 bits per heavy atom. The van der Waals surface area contributed by atoms with E-state index in [2.05, 4.69) is 26.0 Å². The average molecular weight is 328 g/mol. The van der Waals surface area contributed by atoms with Gasteiger partial charge in [0.2, 0.25) is 0 Å². The molecule has 1 rings (SSSR count). The van der Waals surface area contributed by atoms with E-state index >= 15 is 0 Å². The number of methoxy groups -OCH3 is 1. The van der Waals surface area contributed by atoms with Crippen molar-refractivity contribution >= 4 is 21.6 Å². The van der Waals surface area contributed by atoms with Crippen LogP contribution in [0.5, 0.6) is 5.75 Å². The minimum Gasteiger partial charge on any atom is -0.405 e. The maximum absolute atomic E-state index is 12.1. The van der Waals surface area contributed by atoms with E-state index in [0.29, 0.717) is 12.3 Å². The highest BCUT2D eigenvalue weighted by Crippen LogP contribution is 2.32. The summed E-state index contributed by atoms with van der Waals surface area (Å²) in [6, 6.07) is 4.33. The van der Waals surface area contributed by atoms with Crippen LogP contribution < -0.4 is 10.1 Å². The van der Waals surface area contributed by atoms with Gasteiger partial charge in [-0.1, -0.05) is 0 Å². The molecular formula is C11H13BrF3NO2. The molecule has 0 aromatic heterocycles. The summed E-state index contributed by atoms with van der Waals surface area (Å²) in [5.41, 5.74) is 0.681. The van der Waals surface area contributed by atoms with Gasteiger partial charge in [-0.3, -0.25) is 0 Å². The molecule has 0 aliphatic rings. The Labute approximate surface area is 111 Å². The van der Waals surface area contributed by atoms with Crippen molar-refractivity contribution in [3.8, 4) is 5.75 Å². The molecule has 1 N–H and O–H groups in total. The molecule has 0 aliphatic carbocycles. The molecule has 1 aromatic rings. The molecule has 0 fully saturated rings. The van der Waals surface area contributed by atoms with E-state index in [9.17, 15) is 13.2 Å². The van der Waals surface area contributed by atoms with Crippen LogP contribution >= 0.6 is 15.9 Å². The van der Waals surface area contributed by atoms with Gasteiger partial charge in [0.15, 0.2) is 0 Å². The number of rotatable bonds is 5. The Morgan fingerprint density at radius 3 is 2.56 bits per heavy atom. The minimum absolute atomic E-state index is 0.0521. The molecule has 0 saturated carbocycles. The van der Waals surface area contributed by atoms with Crippen LogP contribution in [0.4, 0.5) is 18.9 Å². The summed E-state index contributed by atoms with van der Waals surface area (Å²) in [4.78, 5) is 0. The van der Waals surface area contributed by atoms with Gasteiger partial charge in [0, 0.05) is 18.8 Å². The van der Waals surface area contributed by atoms with Crippen LogP contribution in [0.2, 0.25) is 0 Å². The van der Waals surface area contributed by atoms with Crippen LogP contribution in [-0.2, 0) is 4.74 Å². The molecule has 0 aliphatic heterocycles. The van der Waals surface area contributed by atoms with Crippen molar-refractivity contribution in [3.63, 3.8) is 0 Å². The number of ether oxygens (including phenoxy) is 2. The first-order valence-electron chi connectivity index (χ1n) is 5.12. The fraction of sp³-hybridized carbons (Fsp3) is 0.455. The number of nitrogens with one attached hydrogen (secondary N) is 1. The van der Waals surface area contributed by atoms with Gasteiger partial charge in [-0.05, 0) is 41.1 Å². The number of halogens is 4. The molecule has 0 saturated heterocycles. The third-order valence-corrected chi connectivity index (χ3v) is 2.61. The van der Waals surface area contributed by atoms with E-state index in [1.54, 1.807) is 7.11 Å². The van der Waals surface area contributed by atoms with Gasteiger partial charge >= 0.3 is 6.36 Å². The molecule has 18 heavy (non-hydrogen) atoms. The van der Waals surface area contributed by atoms with Crippen LogP contribution in [0.25, 0.3) is 0 Å². The standard InChI is InChI=1S/C11H13BrF3NO2/c1-7(6-17-2)16-8-3-4-10(9(12)5-8)18-11(13,14)15/h3-5,7,16H,6H2,1-2H3. The average Bonchev–Trinajstić information content (AvgIpc) is 2.21. The largest absolute Gasteiger partial charge is 0.573 e. The summed E-state index contributed by atoms with van der Waals surface area (Å²) in [5, 5.41) is 3.08. The third-order valence-electron chi connectivity index (χ3n) is 1.99. The summed E-state index contributed by atoms with van der Waals surface area (Å²) < 4.78 is 45.2. The molecule has 1 aromatic carbocycles. The predicted octanol–water partition coefficient (Wildman–Crippen LogP) is 3.79. The van der Waals surface area contributed by atoms with Crippen molar-refractivity contribution in [1.29, 1.82) is 0 Å². The lowest BCUT2D eigenvalue weighted by Crippen LogP contribution is -2.21. The highest BCUT2D eigenvalue weighted by Gasteiger charge is 2.31. The van der Waals surface area contributed by atoms with Gasteiger partial charge < -0.3 is 14.8 Å². The molecule has 102 valence electrons. The minimum atomic E-state index is -4.69. The lowest BCUT2D eigenvalue weighted by atomic mass is 10.2. The molecule has 0 radical (unpaired) electrons. The molecule has 1 unspecified atom stereocenters. The Bertz CT molecular complexity index is 398. The highest BCUT2D eigenvalue weighted by atomic mass is 79.9. The van der Waals surface area contributed by atoms with Crippen molar-refractivity contribution < 1.29 is 22.6 Å². The van der Waals surface area contributed by atoms with Crippen molar-refractivity contribution in [2.75, 3.05) is 19.0 Å². The third kappa shape index (κ3) is 5.14. The first kappa shape index (κ1) is 15.1. The fourth-order valence-electron chi connectivity index (χ4n) is 1.37. The summed E-state index contributed by atoms with van der Waals surface area (Å²) in [6.45, 7) is 2.40. The Morgan fingerprint density at radius 1 is 1.39 bits per heavy atom. The topological polar surface area (TPSA) is 30.5 Å². The van der Waals surface area contributed by atoms with Crippen LogP contribution in [0.3, 0.4) is 0 Å². The van der Waals surface area contributed by atoms with Gasteiger partial charge in [-0.2, -0.15) is 0 Å². The van der Waals surface area contributed by atoms with Crippen molar-refractivity contribution in [2.45, 2.75) is 19.3 Å². The molecular weight excluding hydrogens is 315 g/mol. The molecule has 0 bridgehead atoms. The molecule has 0 amide bonds. The molecule has 0 heterocycles. The zero-order valence-electron chi connectivity index (χ0n) is 9.84. The highest BCUT2D eigenvalue weighted by molar-refractivity contribution is 9.10. The van der Waals surface area contributed by atoms with E-state index in [0.717, 1.165) is 0 Å². The Kier molecular flexibility index (Phi) is 5.28. The Balaban J connectivity index is 2.73. The molecule has 1 atom stereocenters.